The Bertz CT molecular complexity index is 298. The number of carbonyl (C=O) groups excluding carboxylic acids is 1. The lowest BCUT2D eigenvalue weighted by atomic mass is 9.86. The maximum Gasteiger partial charge on any atom is 0.328 e. The molecule has 0 aromatic rings. The normalized spacial score (nSPS) is 66.2. The summed E-state index contributed by atoms with van der Waals surface area (Å²) in [6.45, 7) is 1.45. The van der Waals surface area contributed by atoms with Gasteiger partial charge in [-0.15, -0.1) is 11.6 Å². The highest BCUT2D eigenvalue weighted by Crippen LogP contribution is 2.74. The summed E-state index contributed by atoms with van der Waals surface area (Å²) in [4.78, 5) is 10.8. The molecular weight excluding hydrogens is 192 g/mol. The number of halogens is 1. The van der Waals surface area contributed by atoms with E-state index in [4.69, 9.17) is 21.1 Å². The number of carbonyl (C=O) groups is 1. The first-order valence-electron chi connectivity index (χ1n) is 4.72. The molecule has 3 heterocycles. The highest BCUT2D eigenvalue weighted by molar-refractivity contribution is 6.37. The van der Waals surface area contributed by atoms with Gasteiger partial charge in [-0.1, -0.05) is 0 Å². The first kappa shape index (κ1) is 7.07. The van der Waals surface area contributed by atoms with E-state index in [9.17, 15) is 4.79 Å². The summed E-state index contributed by atoms with van der Waals surface area (Å²) in [6.07, 6.45) is 0.122. The largest absolute Gasteiger partial charge is 0.460 e. The smallest absolute Gasteiger partial charge is 0.328 e. The standard InChI is InChI=1S/C9H9ClO3/c10-9-5-3-1-12-2-4(6(5)9)7(3)13-8(9)11/h3-7H,1-2H2. The Morgan fingerprint density at radius 2 is 1.92 bits per heavy atom. The van der Waals surface area contributed by atoms with Crippen LogP contribution in [0.2, 0.25) is 0 Å². The number of fused-ring (bicyclic) bond motifs is 1. The third kappa shape index (κ3) is 0.530. The van der Waals surface area contributed by atoms with E-state index in [0.717, 1.165) is 13.2 Å². The molecular formula is C9H9ClO3. The van der Waals surface area contributed by atoms with E-state index < -0.39 is 4.87 Å². The zero-order chi connectivity index (χ0) is 8.79. The van der Waals surface area contributed by atoms with E-state index in [1.807, 2.05) is 0 Å². The van der Waals surface area contributed by atoms with Gasteiger partial charge in [-0.3, -0.25) is 4.79 Å². The Labute approximate surface area is 80.3 Å². The number of hydrogen-bond donors (Lipinski definition) is 0. The van der Waals surface area contributed by atoms with Gasteiger partial charge in [0.1, 0.15) is 11.0 Å². The highest BCUT2D eigenvalue weighted by Gasteiger charge is 2.85. The minimum atomic E-state index is -0.645. The molecule has 6 bridgehead atoms. The maximum absolute atomic E-state index is 11.4. The van der Waals surface area contributed by atoms with E-state index in [-0.39, 0.29) is 12.1 Å². The first-order valence-corrected chi connectivity index (χ1v) is 5.10. The number of esters is 1. The molecule has 0 amide bonds. The van der Waals surface area contributed by atoms with Gasteiger partial charge < -0.3 is 9.47 Å². The second kappa shape index (κ2) is 1.75. The third-order valence-electron chi connectivity index (χ3n) is 4.19. The fourth-order valence-electron chi connectivity index (χ4n) is 3.69. The fraction of sp³-hybridized carbons (Fsp3) is 0.889. The summed E-state index contributed by atoms with van der Waals surface area (Å²) in [5.41, 5.74) is 0. The molecule has 5 fully saturated rings. The van der Waals surface area contributed by atoms with Gasteiger partial charge in [0.25, 0.3) is 0 Å². The molecule has 3 aliphatic heterocycles. The lowest BCUT2D eigenvalue weighted by Crippen LogP contribution is -2.52. The molecule has 3 nitrogen and oxygen atoms in total. The van der Waals surface area contributed by atoms with Gasteiger partial charge in [-0.05, 0) is 0 Å². The van der Waals surface area contributed by atoms with Crippen LogP contribution in [-0.2, 0) is 14.3 Å². The zero-order valence-corrected chi connectivity index (χ0v) is 7.66. The van der Waals surface area contributed by atoms with Crippen molar-refractivity contribution in [1.29, 1.82) is 0 Å². The number of hydrogen-bond acceptors (Lipinski definition) is 3. The first-order chi connectivity index (χ1) is 6.24. The second-order valence-electron chi connectivity index (χ2n) is 4.55. The van der Waals surface area contributed by atoms with Crippen LogP contribution in [0.25, 0.3) is 0 Å². The average molecular weight is 201 g/mol. The molecule has 4 unspecified atom stereocenters. The van der Waals surface area contributed by atoms with Crippen molar-refractivity contribution in [3.05, 3.63) is 0 Å². The second-order valence-corrected chi connectivity index (χ2v) is 5.18. The van der Waals surface area contributed by atoms with Crippen molar-refractivity contribution in [1.82, 2.24) is 0 Å². The zero-order valence-electron chi connectivity index (χ0n) is 6.90. The predicted molar refractivity (Wildman–Crippen MR) is 43.2 cm³/mol. The molecule has 3 saturated heterocycles. The van der Waals surface area contributed by atoms with Crippen LogP contribution in [0, 0.1) is 23.7 Å². The Kier molecular flexibility index (Phi) is 0.953. The molecule has 4 atom stereocenters. The van der Waals surface area contributed by atoms with Gasteiger partial charge in [0.2, 0.25) is 0 Å². The van der Waals surface area contributed by atoms with Crippen molar-refractivity contribution in [3.63, 3.8) is 0 Å². The molecule has 0 aromatic heterocycles. The van der Waals surface area contributed by atoms with Crippen LogP contribution in [0.1, 0.15) is 0 Å². The lowest BCUT2D eigenvalue weighted by molar-refractivity contribution is -0.178. The molecule has 0 radical (unpaired) electrons. The van der Waals surface area contributed by atoms with Crippen molar-refractivity contribution < 1.29 is 14.3 Å². The summed E-state index contributed by atoms with van der Waals surface area (Å²) in [5.74, 6) is 1.31. The Morgan fingerprint density at radius 3 is 2.54 bits per heavy atom. The van der Waals surface area contributed by atoms with Crippen molar-refractivity contribution >= 4 is 17.6 Å². The van der Waals surface area contributed by atoms with Gasteiger partial charge in [-0.2, -0.15) is 0 Å². The van der Waals surface area contributed by atoms with E-state index in [0.29, 0.717) is 23.7 Å². The van der Waals surface area contributed by atoms with Crippen LogP contribution >= 0.6 is 11.6 Å². The Hall–Kier alpha value is -0.280. The molecule has 5 rings (SSSR count). The fourth-order valence-corrected chi connectivity index (χ4v) is 4.27. The van der Waals surface area contributed by atoms with Crippen LogP contribution in [0.3, 0.4) is 0 Å². The number of alkyl halides is 1. The summed E-state index contributed by atoms with van der Waals surface area (Å²) < 4.78 is 10.8. The van der Waals surface area contributed by atoms with Crippen LogP contribution in [0.5, 0.6) is 0 Å². The van der Waals surface area contributed by atoms with Gasteiger partial charge >= 0.3 is 5.97 Å². The van der Waals surface area contributed by atoms with Gasteiger partial charge in [0.15, 0.2) is 0 Å². The lowest BCUT2D eigenvalue weighted by Gasteiger charge is -2.40. The van der Waals surface area contributed by atoms with E-state index in [1.165, 1.54) is 0 Å². The summed E-state index contributed by atoms with van der Waals surface area (Å²) >= 11 is 6.26. The molecule has 13 heavy (non-hydrogen) atoms. The molecule has 4 heteroatoms. The topological polar surface area (TPSA) is 35.5 Å². The van der Waals surface area contributed by atoms with Gasteiger partial charge in [-0.25, -0.2) is 0 Å². The van der Waals surface area contributed by atoms with Crippen molar-refractivity contribution in [2.75, 3.05) is 13.2 Å². The Balaban J connectivity index is 1.86. The van der Waals surface area contributed by atoms with Gasteiger partial charge in [0.05, 0.1) is 13.2 Å². The van der Waals surface area contributed by atoms with Crippen LogP contribution in [0.15, 0.2) is 0 Å². The van der Waals surface area contributed by atoms with Crippen molar-refractivity contribution in [2.24, 2.45) is 23.7 Å². The average Bonchev–Trinajstić information content (AvgIpc) is 2.71. The molecule has 2 saturated carbocycles. The maximum atomic E-state index is 11.4. The van der Waals surface area contributed by atoms with Gasteiger partial charge in [0, 0.05) is 23.7 Å². The quantitative estimate of drug-likeness (QED) is 0.420. The predicted octanol–water partition coefficient (Wildman–Crippen LogP) is 0.412. The minimum Gasteiger partial charge on any atom is -0.460 e. The van der Waals surface area contributed by atoms with E-state index in [1.54, 1.807) is 0 Å². The molecule has 0 N–H and O–H groups in total. The summed E-state index contributed by atoms with van der Waals surface area (Å²) in [6, 6.07) is 0. The number of ether oxygens (including phenoxy) is 2. The van der Waals surface area contributed by atoms with Crippen molar-refractivity contribution in [2.45, 2.75) is 11.0 Å². The van der Waals surface area contributed by atoms with E-state index in [2.05, 4.69) is 0 Å². The Morgan fingerprint density at radius 1 is 1.31 bits per heavy atom. The minimum absolute atomic E-state index is 0.122. The molecule has 70 valence electrons. The van der Waals surface area contributed by atoms with Crippen molar-refractivity contribution in [3.8, 4) is 0 Å². The van der Waals surface area contributed by atoms with Crippen LogP contribution < -0.4 is 0 Å². The van der Waals surface area contributed by atoms with Crippen LogP contribution in [-0.4, -0.2) is 30.2 Å². The van der Waals surface area contributed by atoms with E-state index >= 15 is 0 Å². The molecule has 2 aliphatic carbocycles. The SMILES string of the molecule is O=C1OC2C3COCC2C2C3C12Cl. The van der Waals surface area contributed by atoms with Crippen LogP contribution in [0.4, 0.5) is 0 Å². The number of rotatable bonds is 0. The highest BCUT2D eigenvalue weighted by atomic mass is 35.5. The summed E-state index contributed by atoms with van der Waals surface area (Å²) in [7, 11) is 0. The molecule has 0 aromatic carbocycles. The molecule has 5 aliphatic rings. The monoisotopic (exact) mass is 200 g/mol. The summed E-state index contributed by atoms with van der Waals surface area (Å²) in [5, 5.41) is 0. The molecule has 0 spiro atoms. The third-order valence-corrected chi connectivity index (χ3v) is 4.85.